The molecule has 25 heavy (non-hydrogen) atoms. The summed E-state index contributed by atoms with van der Waals surface area (Å²) < 4.78 is 7.39. The molecule has 0 saturated heterocycles. The molecule has 0 radical (unpaired) electrons. The second-order valence-electron chi connectivity index (χ2n) is 6.60. The summed E-state index contributed by atoms with van der Waals surface area (Å²) in [4.78, 5) is 14.8. The van der Waals surface area contributed by atoms with Crippen LogP contribution in [0, 0.1) is 0 Å². The van der Waals surface area contributed by atoms with Gasteiger partial charge in [0.2, 0.25) is 0 Å². The fourth-order valence-electron chi connectivity index (χ4n) is 3.14. The minimum absolute atomic E-state index is 0.109. The van der Waals surface area contributed by atoms with E-state index in [0.29, 0.717) is 28.4 Å². The van der Waals surface area contributed by atoms with E-state index in [1.165, 1.54) is 16.0 Å². The van der Waals surface area contributed by atoms with Crippen molar-refractivity contribution in [1.82, 2.24) is 15.0 Å². The van der Waals surface area contributed by atoms with Gasteiger partial charge in [0.1, 0.15) is 0 Å². The van der Waals surface area contributed by atoms with E-state index in [9.17, 15) is 4.79 Å². The van der Waals surface area contributed by atoms with E-state index in [-0.39, 0.29) is 11.2 Å². The topological polar surface area (TPSA) is 57.0 Å². The largest absolute Gasteiger partial charge is 0.369 e. The first-order valence-corrected chi connectivity index (χ1v) is 9.45. The summed E-state index contributed by atoms with van der Waals surface area (Å²) in [5, 5.41) is 9.69. The van der Waals surface area contributed by atoms with Gasteiger partial charge in [-0.1, -0.05) is 41.9 Å². The van der Waals surface area contributed by atoms with Crippen molar-refractivity contribution >= 4 is 33.2 Å². The zero-order valence-electron chi connectivity index (χ0n) is 14.1. The molecule has 0 fully saturated rings. The lowest BCUT2D eigenvalue weighted by Gasteiger charge is -2.32. The van der Waals surface area contributed by atoms with Crippen molar-refractivity contribution in [2.45, 2.75) is 45.4 Å². The van der Waals surface area contributed by atoms with Crippen molar-refractivity contribution < 1.29 is 4.74 Å². The SMILES string of the molecule is CC[C@]1(C)Cc2c(sc3nnn(Cc4ccccc4Cl)c(=O)c23)CO1. The normalized spacial score (nSPS) is 20.0. The monoisotopic (exact) mass is 375 g/mol. The standard InChI is InChI=1S/C18H18ClN3O2S/c1-3-18(2)8-12-14(10-24-18)25-16-15(12)17(23)22(21-20-16)9-11-6-4-5-7-13(11)19/h4-7H,3,8-10H2,1-2H3/t18-/m1/s1. The van der Waals surface area contributed by atoms with Crippen LogP contribution in [0.2, 0.25) is 5.02 Å². The maximum Gasteiger partial charge on any atom is 0.279 e. The lowest BCUT2D eigenvalue weighted by molar-refractivity contribution is -0.0543. The Morgan fingerprint density at radius 1 is 1.40 bits per heavy atom. The molecule has 130 valence electrons. The molecule has 0 aliphatic carbocycles. The zero-order chi connectivity index (χ0) is 17.6. The number of hydrogen-bond donors (Lipinski definition) is 0. The molecule has 4 rings (SSSR count). The molecule has 1 atom stereocenters. The van der Waals surface area contributed by atoms with Crippen LogP contribution in [-0.2, 0) is 24.3 Å². The summed E-state index contributed by atoms with van der Waals surface area (Å²) in [6, 6.07) is 7.47. The molecule has 0 saturated carbocycles. The number of rotatable bonds is 3. The summed E-state index contributed by atoms with van der Waals surface area (Å²) in [5.74, 6) is 0. The van der Waals surface area contributed by atoms with Gasteiger partial charge >= 0.3 is 0 Å². The Balaban J connectivity index is 1.82. The first kappa shape index (κ1) is 16.7. The van der Waals surface area contributed by atoms with E-state index < -0.39 is 0 Å². The van der Waals surface area contributed by atoms with Crippen LogP contribution in [0.3, 0.4) is 0 Å². The Hall–Kier alpha value is -1.76. The molecule has 3 aromatic rings. The highest BCUT2D eigenvalue weighted by Gasteiger charge is 2.33. The highest BCUT2D eigenvalue weighted by atomic mass is 35.5. The third-order valence-electron chi connectivity index (χ3n) is 4.89. The number of ether oxygens (including phenoxy) is 1. The Morgan fingerprint density at radius 2 is 2.20 bits per heavy atom. The number of aromatic nitrogens is 3. The van der Waals surface area contributed by atoms with Gasteiger partial charge in [0, 0.05) is 16.3 Å². The first-order chi connectivity index (χ1) is 12.0. The van der Waals surface area contributed by atoms with Crippen molar-refractivity contribution in [2.24, 2.45) is 0 Å². The number of fused-ring (bicyclic) bond motifs is 3. The third kappa shape index (κ3) is 2.88. The van der Waals surface area contributed by atoms with Crippen molar-refractivity contribution in [3.8, 4) is 0 Å². The molecule has 0 bridgehead atoms. The van der Waals surface area contributed by atoms with Crippen LogP contribution in [0.4, 0.5) is 0 Å². The van der Waals surface area contributed by atoms with Gasteiger partial charge in [-0.25, -0.2) is 4.68 Å². The van der Waals surface area contributed by atoms with E-state index in [1.54, 1.807) is 0 Å². The van der Waals surface area contributed by atoms with Crippen LogP contribution in [0.15, 0.2) is 29.1 Å². The average Bonchev–Trinajstić information content (AvgIpc) is 2.97. The predicted molar refractivity (Wildman–Crippen MR) is 99.4 cm³/mol. The van der Waals surface area contributed by atoms with E-state index in [4.69, 9.17) is 16.3 Å². The first-order valence-electron chi connectivity index (χ1n) is 8.26. The fraction of sp³-hybridized carbons (Fsp3) is 0.389. The van der Waals surface area contributed by atoms with Gasteiger partial charge in [0.05, 0.1) is 24.1 Å². The molecule has 2 aromatic heterocycles. The Kier molecular flexibility index (Phi) is 4.14. The van der Waals surface area contributed by atoms with E-state index in [2.05, 4.69) is 24.2 Å². The molecule has 1 aliphatic rings. The third-order valence-corrected chi connectivity index (χ3v) is 6.35. The van der Waals surface area contributed by atoms with Crippen molar-refractivity contribution in [3.63, 3.8) is 0 Å². The van der Waals surface area contributed by atoms with Gasteiger partial charge < -0.3 is 4.74 Å². The van der Waals surface area contributed by atoms with Crippen LogP contribution >= 0.6 is 22.9 Å². The molecular weight excluding hydrogens is 358 g/mol. The molecule has 0 spiro atoms. The average molecular weight is 376 g/mol. The number of benzene rings is 1. The molecule has 1 aliphatic heterocycles. The minimum atomic E-state index is -0.232. The van der Waals surface area contributed by atoms with Crippen LogP contribution in [0.5, 0.6) is 0 Å². The highest BCUT2D eigenvalue weighted by Crippen LogP contribution is 2.37. The molecule has 0 unspecified atom stereocenters. The van der Waals surface area contributed by atoms with Gasteiger partial charge in [0.15, 0.2) is 4.83 Å². The van der Waals surface area contributed by atoms with Crippen molar-refractivity contribution in [2.75, 3.05) is 0 Å². The lowest BCUT2D eigenvalue weighted by atomic mass is 9.90. The van der Waals surface area contributed by atoms with Crippen molar-refractivity contribution in [3.05, 3.63) is 55.6 Å². The Labute approximate surface area is 154 Å². The van der Waals surface area contributed by atoms with Gasteiger partial charge in [0.25, 0.3) is 5.56 Å². The summed E-state index contributed by atoms with van der Waals surface area (Å²) in [6.45, 7) is 5.05. The maximum atomic E-state index is 13.1. The van der Waals surface area contributed by atoms with Gasteiger partial charge in [-0.05, 0) is 30.5 Å². The summed E-state index contributed by atoms with van der Waals surface area (Å²) in [6.07, 6.45) is 1.63. The van der Waals surface area contributed by atoms with Crippen LogP contribution in [-0.4, -0.2) is 20.6 Å². The maximum absolute atomic E-state index is 13.1. The molecule has 1 aromatic carbocycles. The highest BCUT2D eigenvalue weighted by molar-refractivity contribution is 7.18. The molecule has 5 nitrogen and oxygen atoms in total. The minimum Gasteiger partial charge on any atom is -0.369 e. The second-order valence-corrected chi connectivity index (χ2v) is 8.09. The molecular formula is C18H18ClN3O2S. The summed E-state index contributed by atoms with van der Waals surface area (Å²) >= 11 is 7.72. The Bertz CT molecular complexity index is 1010. The number of hydrogen-bond acceptors (Lipinski definition) is 5. The van der Waals surface area contributed by atoms with Crippen LogP contribution in [0.25, 0.3) is 10.2 Å². The number of halogens is 1. The smallest absolute Gasteiger partial charge is 0.279 e. The van der Waals surface area contributed by atoms with Gasteiger partial charge in [-0.3, -0.25) is 4.79 Å². The lowest BCUT2D eigenvalue weighted by Crippen LogP contribution is -2.34. The van der Waals surface area contributed by atoms with Crippen LogP contribution < -0.4 is 5.56 Å². The molecule has 3 heterocycles. The summed E-state index contributed by atoms with van der Waals surface area (Å²) in [5.41, 5.74) is 1.58. The second kappa shape index (κ2) is 6.20. The quantitative estimate of drug-likeness (QED) is 0.698. The van der Waals surface area contributed by atoms with Gasteiger partial charge in [-0.15, -0.1) is 16.4 Å². The molecule has 7 heteroatoms. The van der Waals surface area contributed by atoms with Gasteiger partial charge in [-0.2, -0.15) is 0 Å². The van der Waals surface area contributed by atoms with E-state index >= 15 is 0 Å². The predicted octanol–water partition coefficient (Wildman–Crippen LogP) is 3.80. The zero-order valence-corrected chi connectivity index (χ0v) is 15.7. The van der Waals surface area contributed by atoms with E-state index in [1.807, 2.05) is 24.3 Å². The van der Waals surface area contributed by atoms with Crippen LogP contribution in [0.1, 0.15) is 36.3 Å². The molecule has 0 amide bonds. The summed E-state index contributed by atoms with van der Waals surface area (Å²) in [7, 11) is 0. The number of thiophene rings is 1. The molecule has 0 N–H and O–H groups in total. The van der Waals surface area contributed by atoms with Crippen molar-refractivity contribution in [1.29, 1.82) is 0 Å². The number of nitrogens with zero attached hydrogens (tertiary/aromatic N) is 3. The van der Waals surface area contributed by atoms with E-state index in [0.717, 1.165) is 28.8 Å². The fourth-order valence-corrected chi connectivity index (χ4v) is 4.37. The Morgan fingerprint density at radius 3 is 2.96 bits per heavy atom.